The predicted molar refractivity (Wildman–Crippen MR) is 77.7 cm³/mol. The Morgan fingerprint density at radius 2 is 1.95 bits per heavy atom. The molecule has 110 valence electrons. The lowest BCUT2D eigenvalue weighted by Gasteiger charge is -2.11. The molecule has 0 bridgehead atoms. The summed E-state index contributed by atoms with van der Waals surface area (Å²) in [5.41, 5.74) is 1.92. The van der Waals surface area contributed by atoms with Crippen molar-refractivity contribution in [3.8, 4) is 5.75 Å². The van der Waals surface area contributed by atoms with E-state index in [1.807, 2.05) is 13.0 Å². The summed E-state index contributed by atoms with van der Waals surface area (Å²) in [6.07, 6.45) is 0. The summed E-state index contributed by atoms with van der Waals surface area (Å²) in [7, 11) is 1.80. The van der Waals surface area contributed by atoms with Gasteiger partial charge in [-0.05, 0) is 31.2 Å². The molecular formula is C15H16N2O4. The normalized spacial score (nSPS) is 10.2. The molecule has 2 N–H and O–H groups in total. The van der Waals surface area contributed by atoms with Crippen LogP contribution in [0, 0.1) is 6.92 Å². The van der Waals surface area contributed by atoms with Crippen LogP contribution in [0.2, 0.25) is 0 Å². The Morgan fingerprint density at radius 1 is 1.24 bits per heavy atom. The SMILES string of the molecule is Cc1ccc(C(=O)Nc2ccccc2OCC(=O)O)n1C. The summed E-state index contributed by atoms with van der Waals surface area (Å²) in [6, 6.07) is 10.3. The first kappa shape index (κ1) is 14.6. The van der Waals surface area contributed by atoms with Crippen molar-refractivity contribution in [2.45, 2.75) is 6.92 Å². The van der Waals surface area contributed by atoms with Crippen molar-refractivity contribution < 1.29 is 19.4 Å². The third kappa shape index (κ3) is 3.42. The molecule has 0 aliphatic carbocycles. The minimum atomic E-state index is -1.07. The standard InChI is InChI=1S/C15H16N2O4/c1-10-7-8-12(17(10)2)15(20)16-11-5-3-4-6-13(11)21-9-14(18)19/h3-8H,9H2,1-2H3,(H,16,20)(H,18,19). The Morgan fingerprint density at radius 3 is 2.57 bits per heavy atom. The van der Waals surface area contributed by atoms with Gasteiger partial charge in [-0.2, -0.15) is 0 Å². The Kier molecular flexibility index (Phi) is 4.27. The summed E-state index contributed by atoms with van der Waals surface area (Å²) in [5.74, 6) is -1.04. The quantitative estimate of drug-likeness (QED) is 0.882. The number of nitrogens with zero attached hydrogens (tertiary/aromatic N) is 1. The van der Waals surface area contributed by atoms with Crippen LogP contribution in [-0.4, -0.2) is 28.2 Å². The Labute approximate surface area is 122 Å². The predicted octanol–water partition coefficient (Wildman–Crippen LogP) is 2.05. The number of hydrogen-bond acceptors (Lipinski definition) is 3. The van der Waals surface area contributed by atoms with Crippen LogP contribution < -0.4 is 10.1 Å². The van der Waals surface area contributed by atoms with Crippen molar-refractivity contribution in [2.75, 3.05) is 11.9 Å². The molecule has 0 aliphatic rings. The maximum Gasteiger partial charge on any atom is 0.341 e. The molecule has 1 aromatic carbocycles. The Hall–Kier alpha value is -2.76. The van der Waals surface area contributed by atoms with Gasteiger partial charge in [-0.15, -0.1) is 0 Å². The number of rotatable bonds is 5. The second-order valence-electron chi connectivity index (χ2n) is 4.55. The van der Waals surface area contributed by atoms with Gasteiger partial charge >= 0.3 is 5.97 Å². The lowest BCUT2D eigenvalue weighted by atomic mass is 10.2. The van der Waals surface area contributed by atoms with E-state index in [2.05, 4.69) is 5.32 Å². The second kappa shape index (κ2) is 6.13. The topological polar surface area (TPSA) is 80.6 Å². The number of carboxylic acids is 1. The molecule has 0 aliphatic heterocycles. The molecule has 0 saturated heterocycles. The fourth-order valence-electron chi connectivity index (χ4n) is 1.86. The molecule has 2 aromatic rings. The number of hydrogen-bond donors (Lipinski definition) is 2. The number of anilines is 1. The van der Waals surface area contributed by atoms with Crippen molar-refractivity contribution in [2.24, 2.45) is 7.05 Å². The zero-order valence-corrected chi connectivity index (χ0v) is 11.8. The van der Waals surface area contributed by atoms with E-state index >= 15 is 0 Å². The van der Waals surface area contributed by atoms with Crippen LogP contribution >= 0.6 is 0 Å². The highest BCUT2D eigenvalue weighted by Gasteiger charge is 2.13. The lowest BCUT2D eigenvalue weighted by molar-refractivity contribution is -0.139. The zero-order valence-electron chi connectivity index (χ0n) is 11.8. The molecule has 1 amide bonds. The first-order valence-corrected chi connectivity index (χ1v) is 6.36. The fourth-order valence-corrected chi connectivity index (χ4v) is 1.86. The van der Waals surface area contributed by atoms with Gasteiger partial charge in [0.25, 0.3) is 5.91 Å². The van der Waals surface area contributed by atoms with E-state index < -0.39 is 12.6 Å². The molecule has 6 nitrogen and oxygen atoms in total. The molecular weight excluding hydrogens is 272 g/mol. The van der Waals surface area contributed by atoms with E-state index in [0.29, 0.717) is 17.1 Å². The molecule has 21 heavy (non-hydrogen) atoms. The average Bonchev–Trinajstić information content (AvgIpc) is 2.78. The number of carbonyl (C=O) groups is 2. The van der Waals surface area contributed by atoms with Crippen molar-refractivity contribution in [3.63, 3.8) is 0 Å². The smallest absolute Gasteiger partial charge is 0.341 e. The van der Waals surface area contributed by atoms with Crippen LogP contribution in [0.5, 0.6) is 5.75 Å². The monoisotopic (exact) mass is 288 g/mol. The van der Waals surface area contributed by atoms with Crippen LogP contribution in [-0.2, 0) is 11.8 Å². The molecule has 0 spiro atoms. The molecule has 0 saturated carbocycles. The third-order valence-electron chi connectivity index (χ3n) is 3.09. The molecule has 6 heteroatoms. The summed E-state index contributed by atoms with van der Waals surface area (Å²) in [6.45, 7) is 1.44. The van der Waals surface area contributed by atoms with Crippen LogP contribution in [0.4, 0.5) is 5.69 Å². The molecule has 0 radical (unpaired) electrons. The minimum Gasteiger partial charge on any atom is -0.480 e. The van der Waals surface area contributed by atoms with E-state index in [-0.39, 0.29) is 5.91 Å². The number of carboxylic acid groups (broad SMARTS) is 1. The Balaban J connectivity index is 2.17. The van der Waals surface area contributed by atoms with Crippen LogP contribution in [0.1, 0.15) is 16.2 Å². The van der Waals surface area contributed by atoms with Crippen LogP contribution in [0.15, 0.2) is 36.4 Å². The molecule has 0 unspecified atom stereocenters. The molecule has 2 rings (SSSR count). The van der Waals surface area contributed by atoms with Crippen LogP contribution in [0.3, 0.4) is 0 Å². The van der Waals surface area contributed by atoms with Gasteiger partial charge in [-0.1, -0.05) is 12.1 Å². The maximum absolute atomic E-state index is 12.2. The van der Waals surface area contributed by atoms with Crippen molar-refractivity contribution in [1.82, 2.24) is 4.57 Å². The van der Waals surface area contributed by atoms with Gasteiger partial charge in [0.15, 0.2) is 6.61 Å². The van der Waals surface area contributed by atoms with E-state index in [4.69, 9.17) is 9.84 Å². The number of aromatic nitrogens is 1. The van der Waals surface area contributed by atoms with Crippen molar-refractivity contribution in [1.29, 1.82) is 0 Å². The molecule has 1 heterocycles. The van der Waals surface area contributed by atoms with E-state index in [9.17, 15) is 9.59 Å². The highest BCUT2D eigenvalue weighted by atomic mass is 16.5. The first-order chi connectivity index (χ1) is 9.99. The van der Waals surface area contributed by atoms with Crippen LogP contribution in [0.25, 0.3) is 0 Å². The van der Waals surface area contributed by atoms with Crippen molar-refractivity contribution in [3.05, 3.63) is 47.8 Å². The average molecular weight is 288 g/mol. The number of aryl methyl sites for hydroxylation is 1. The Bertz CT molecular complexity index is 676. The third-order valence-corrected chi connectivity index (χ3v) is 3.09. The lowest BCUT2D eigenvalue weighted by Crippen LogP contribution is -2.17. The number of aliphatic carboxylic acids is 1. The van der Waals surface area contributed by atoms with Gasteiger partial charge in [0.1, 0.15) is 11.4 Å². The van der Waals surface area contributed by atoms with Gasteiger partial charge in [-0.25, -0.2) is 4.79 Å². The minimum absolute atomic E-state index is 0.281. The largest absolute Gasteiger partial charge is 0.480 e. The summed E-state index contributed by atoms with van der Waals surface area (Å²) >= 11 is 0. The van der Waals surface area contributed by atoms with Gasteiger partial charge in [0.05, 0.1) is 5.69 Å². The zero-order chi connectivity index (χ0) is 15.4. The molecule has 0 atom stereocenters. The first-order valence-electron chi connectivity index (χ1n) is 6.36. The summed E-state index contributed by atoms with van der Waals surface area (Å²) in [5, 5.41) is 11.4. The summed E-state index contributed by atoms with van der Waals surface area (Å²) < 4.78 is 6.92. The fraction of sp³-hybridized carbons (Fsp3) is 0.200. The number of amides is 1. The summed E-state index contributed by atoms with van der Waals surface area (Å²) in [4.78, 5) is 22.8. The van der Waals surface area contributed by atoms with E-state index in [0.717, 1.165) is 5.69 Å². The number of nitrogens with one attached hydrogen (secondary N) is 1. The van der Waals surface area contributed by atoms with Gasteiger partial charge in [0, 0.05) is 12.7 Å². The molecule has 0 fully saturated rings. The van der Waals surface area contributed by atoms with Gasteiger partial charge in [0.2, 0.25) is 0 Å². The van der Waals surface area contributed by atoms with E-state index in [1.165, 1.54) is 0 Å². The highest BCUT2D eigenvalue weighted by molar-refractivity contribution is 6.04. The van der Waals surface area contributed by atoms with Gasteiger partial charge in [-0.3, -0.25) is 4.79 Å². The molecule has 1 aromatic heterocycles. The van der Waals surface area contributed by atoms with E-state index in [1.54, 1.807) is 41.9 Å². The highest BCUT2D eigenvalue weighted by Crippen LogP contribution is 2.24. The number of ether oxygens (including phenoxy) is 1. The number of benzene rings is 1. The van der Waals surface area contributed by atoms with Crippen molar-refractivity contribution >= 4 is 17.6 Å². The maximum atomic E-state index is 12.2. The number of carbonyl (C=O) groups excluding carboxylic acids is 1. The van der Waals surface area contributed by atoms with Gasteiger partial charge < -0.3 is 19.7 Å². The second-order valence-corrected chi connectivity index (χ2v) is 4.55. The number of para-hydroxylation sites is 2.